The number of phenolic OH excluding ortho intramolecular Hbond substituents is 1. The molecule has 4 amide bonds. The highest BCUT2D eigenvalue weighted by molar-refractivity contribution is 5.95. The Hall–Kier alpha value is -5.05. The monoisotopic (exact) mass is 668 g/mol. The lowest BCUT2D eigenvalue weighted by atomic mass is 10.00. The first-order chi connectivity index (χ1) is 22.7. The summed E-state index contributed by atoms with van der Waals surface area (Å²) < 4.78 is 0. The lowest BCUT2D eigenvalue weighted by Crippen LogP contribution is -2.58. The number of amides is 4. The van der Waals surface area contributed by atoms with E-state index < -0.39 is 64.7 Å². The Balaban J connectivity index is 1.77. The standard InChI is InChI=1S/C33H44N6O9/c1-19(2)15-26(32(44)38-14-8-11-27(38)31(43)35-21(4)33(45)46)37-30(42)25(16-22-9-6-5-7-10-22)36-29(41)20(3)34-18-23-17-24(39(47)48)12-13-28(23)40/h5-7,9-10,12-13,17,19-21,25-27,34,40H,8,11,14-16,18H2,1-4H3,(H,35,43)(H,36,41)(H,37,42)(H,45,46)/t20-,21-,25-,26-,27-/m0/s1. The molecule has 0 saturated carbocycles. The molecule has 0 bridgehead atoms. The second-order valence-corrected chi connectivity index (χ2v) is 12.4. The zero-order valence-electron chi connectivity index (χ0n) is 27.5. The third-order valence-corrected chi connectivity index (χ3v) is 8.07. The summed E-state index contributed by atoms with van der Waals surface area (Å²) >= 11 is 0. The van der Waals surface area contributed by atoms with E-state index in [4.69, 9.17) is 0 Å². The van der Waals surface area contributed by atoms with Gasteiger partial charge in [-0.05, 0) is 50.7 Å². The van der Waals surface area contributed by atoms with Crippen molar-refractivity contribution in [1.82, 2.24) is 26.2 Å². The molecule has 1 aliphatic rings. The molecule has 15 nitrogen and oxygen atoms in total. The molecule has 15 heteroatoms. The van der Waals surface area contributed by atoms with Crippen LogP contribution in [0.25, 0.3) is 0 Å². The summed E-state index contributed by atoms with van der Waals surface area (Å²) in [6, 6.07) is 7.49. The van der Waals surface area contributed by atoms with Crippen molar-refractivity contribution in [3.8, 4) is 5.75 Å². The van der Waals surface area contributed by atoms with Gasteiger partial charge in [-0.15, -0.1) is 0 Å². The van der Waals surface area contributed by atoms with E-state index in [0.29, 0.717) is 12.8 Å². The molecule has 1 aliphatic heterocycles. The molecule has 1 saturated heterocycles. The maximum absolute atomic E-state index is 13.8. The molecule has 5 atom stereocenters. The molecule has 0 spiro atoms. The highest BCUT2D eigenvalue weighted by Crippen LogP contribution is 2.23. The maximum atomic E-state index is 13.8. The minimum Gasteiger partial charge on any atom is -0.508 e. The molecule has 1 heterocycles. The molecule has 0 unspecified atom stereocenters. The van der Waals surface area contributed by atoms with E-state index in [2.05, 4.69) is 21.3 Å². The quantitative estimate of drug-likeness (QED) is 0.112. The number of nitrogens with one attached hydrogen (secondary N) is 4. The van der Waals surface area contributed by atoms with E-state index in [9.17, 15) is 44.3 Å². The first-order valence-corrected chi connectivity index (χ1v) is 15.9. The van der Waals surface area contributed by atoms with Crippen LogP contribution < -0.4 is 21.3 Å². The van der Waals surface area contributed by atoms with Crippen LogP contribution in [0.15, 0.2) is 48.5 Å². The number of phenols is 1. The summed E-state index contributed by atoms with van der Waals surface area (Å²) in [4.78, 5) is 77.0. The normalized spacial score (nSPS) is 16.8. The van der Waals surface area contributed by atoms with Crippen LogP contribution >= 0.6 is 0 Å². The number of carboxylic acids is 1. The second-order valence-electron chi connectivity index (χ2n) is 12.4. The number of nitrogens with zero attached hydrogens (tertiary/aromatic N) is 2. The van der Waals surface area contributed by atoms with E-state index in [-0.39, 0.29) is 48.8 Å². The summed E-state index contributed by atoms with van der Waals surface area (Å²) in [5, 5.41) is 41.4. The number of nitro groups is 1. The zero-order chi connectivity index (χ0) is 35.5. The molecular formula is C33H44N6O9. The molecule has 48 heavy (non-hydrogen) atoms. The number of hydrogen-bond donors (Lipinski definition) is 6. The summed E-state index contributed by atoms with van der Waals surface area (Å²) in [6.45, 7) is 6.82. The molecule has 1 fully saturated rings. The van der Waals surface area contributed by atoms with Crippen molar-refractivity contribution in [1.29, 1.82) is 0 Å². The third-order valence-electron chi connectivity index (χ3n) is 8.07. The van der Waals surface area contributed by atoms with Gasteiger partial charge in [0, 0.05) is 37.2 Å². The van der Waals surface area contributed by atoms with E-state index in [1.165, 1.54) is 30.9 Å². The van der Waals surface area contributed by atoms with E-state index >= 15 is 0 Å². The van der Waals surface area contributed by atoms with Crippen molar-refractivity contribution in [3.63, 3.8) is 0 Å². The SMILES string of the molecule is CC(C)C[C@H](NC(=O)[C@H](Cc1ccccc1)NC(=O)[C@H](C)NCc1cc([N+](=O)[O-])ccc1O)C(=O)N1CCC[C@H]1C(=O)N[C@@H](C)C(=O)O. The molecule has 2 aromatic carbocycles. The molecule has 6 N–H and O–H groups in total. The molecule has 2 aromatic rings. The molecule has 0 radical (unpaired) electrons. The number of likely N-dealkylation sites (tertiary alicyclic amines) is 1. The van der Waals surface area contributed by atoms with Crippen LogP contribution in [-0.4, -0.2) is 86.4 Å². The number of nitro benzene ring substituents is 1. The largest absolute Gasteiger partial charge is 0.508 e. The third kappa shape index (κ3) is 10.5. The lowest BCUT2D eigenvalue weighted by Gasteiger charge is -2.31. The van der Waals surface area contributed by atoms with Crippen molar-refractivity contribution in [3.05, 3.63) is 69.8 Å². The summed E-state index contributed by atoms with van der Waals surface area (Å²) in [6.07, 6.45) is 1.22. The van der Waals surface area contributed by atoms with Crippen molar-refractivity contribution >= 4 is 35.3 Å². The number of aliphatic carboxylic acids is 1. The van der Waals surface area contributed by atoms with E-state index in [0.717, 1.165) is 11.6 Å². The van der Waals surface area contributed by atoms with Crippen LogP contribution in [0.4, 0.5) is 5.69 Å². The number of benzene rings is 2. The minimum absolute atomic E-state index is 0.0298. The summed E-state index contributed by atoms with van der Waals surface area (Å²) in [5.74, 6) is -3.66. The highest BCUT2D eigenvalue weighted by Gasteiger charge is 2.39. The molecule has 0 aromatic heterocycles. The number of carbonyl (C=O) groups excluding carboxylic acids is 4. The number of rotatable bonds is 16. The van der Waals surface area contributed by atoms with Gasteiger partial charge in [-0.3, -0.25) is 34.1 Å². The first-order valence-electron chi connectivity index (χ1n) is 15.9. The van der Waals surface area contributed by atoms with Gasteiger partial charge >= 0.3 is 5.97 Å². The van der Waals surface area contributed by atoms with Gasteiger partial charge in [0.25, 0.3) is 5.69 Å². The highest BCUT2D eigenvalue weighted by atomic mass is 16.6. The van der Waals surface area contributed by atoms with Crippen LogP contribution in [-0.2, 0) is 36.9 Å². The second kappa shape index (κ2) is 17.2. The van der Waals surface area contributed by atoms with Crippen molar-refractivity contribution in [2.75, 3.05) is 6.54 Å². The van der Waals surface area contributed by atoms with Crippen molar-refractivity contribution in [2.24, 2.45) is 5.92 Å². The van der Waals surface area contributed by atoms with Gasteiger partial charge in [0.2, 0.25) is 23.6 Å². The smallest absolute Gasteiger partial charge is 0.325 e. The van der Waals surface area contributed by atoms with Gasteiger partial charge in [0.05, 0.1) is 11.0 Å². The predicted molar refractivity (Wildman–Crippen MR) is 175 cm³/mol. The Kier molecular flexibility index (Phi) is 13.4. The number of hydrogen-bond acceptors (Lipinski definition) is 9. The first kappa shape index (κ1) is 37.4. The van der Waals surface area contributed by atoms with E-state index in [1.54, 1.807) is 24.3 Å². The van der Waals surface area contributed by atoms with Crippen LogP contribution in [0.1, 0.15) is 58.1 Å². The molecule has 3 rings (SSSR count). The maximum Gasteiger partial charge on any atom is 0.325 e. The minimum atomic E-state index is -1.21. The average molecular weight is 669 g/mol. The van der Waals surface area contributed by atoms with Gasteiger partial charge in [-0.25, -0.2) is 0 Å². The summed E-state index contributed by atoms with van der Waals surface area (Å²) in [7, 11) is 0. The number of carbonyl (C=O) groups is 5. The number of carboxylic acid groups (broad SMARTS) is 1. The predicted octanol–water partition coefficient (Wildman–Crippen LogP) is 1.62. The lowest BCUT2D eigenvalue weighted by molar-refractivity contribution is -0.384. The van der Waals surface area contributed by atoms with Gasteiger partial charge in [-0.1, -0.05) is 44.2 Å². The van der Waals surface area contributed by atoms with Crippen LogP contribution in [0.2, 0.25) is 0 Å². The fourth-order valence-corrected chi connectivity index (χ4v) is 5.38. The van der Waals surface area contributed by atoms with Gasteiger partial charge < -0.3 is 36.4 Å². The summed E-state index contributed by atoms with van der Waals surface area (Å²) in [5.41, 5.74) is 0.738. The topological polar surface area (TPSA) is 220 Å². The van der Waals surface area contributed by atoms with Crippen molar-refractivity contribution in [2.45, 2.75) is 90.1 Å². The van der Waals surface area contributed by atoms with E-state index in [1.807, 2.05) is 19.9 Å². The van der Waals surface area contributed by atoms with Crippen molar-refractivity contribution < 1.29 is 39.1 Å². The number of aromatic hydroxyl groups is 1. The molecule has 0 aliphatic carbocycles. The van der Waals surface area contributed by atoms with Crippen LogP contribution in [0, 0.1) is 16.0 Å². The molecule has 260 valence electrons. The van der Waals surface area contributed by atoms with Crippen LogP contribution in [0.5, 0.6) is 5.75 Å². The Labute approximate surface area is 278 Å². The Morgan fingerprint density at radius 1 is 0.938 bits per heavy atom. The van der Waals surface area contributed by atoms with Gasteiger partial charge in [0.1, 0.15) is 29.9 Å². The Bertz CT molecular complexity index is 1490. The Morgan fingerprint density at radius 2 is 1.60 bits per heavy atom. The fraction of sp³-hybridized carbons (Fsp3) is 0.485. The Morgan fingerprint density at radius 3 is 2.23 bits per heavy atom. The van der Waals surface area contributed by atoms with Crippen LogP contribution in [0.3, 0.4) is 0 Å². The zero-order valence-corrected chi connectivity index (χ0v) is 27.5. The number of non-ortho nitro benzene ring substituents is 1. The molecular weight excluding hydrogens is 624 g/mol. The van der Waals surface area contributed by atoms with Gasteiger partial charge in [0.15, 0.2) is 0 Å². The average Bonchev–Trinajstić information content (AvgIpc) is 3.53. The fourth-order valence-electron chi connectivity index (χ4n) is 5.38. The van der Waals surface area contributed by atoms with Gasteiger partial charge in [-0.2, -0.15) is 0 Å².